The molecule has 3 N–H and O–H groups in total. The van der Waals surface area contributed by atoms with Crippen molar-refractivity contribution in [1.29, 1.82) is 0 Å². The third-order valence-electron chi connectivity index (χ3n) is 0.964. The molecule has 0 saturated heterocycles. The first kappa shape index (κ1) is 5.53. The Hall–Kier alpha value is -0.610. The third-order valence-corrected chi connectivity index (χ3v) is 1.22. The number of rotatable bonds is 1. The molecule has 1 atom stereocenters. The van der Waals surface area contributed by atoms with Crippen LogP contribution in [0.1, 0.15) is 0 Å². The van der Waals surface area contributed by atoms with Gasteiger partial charge in [-0.05, 0) is 0 Å². The highest BCUT2D eigenvalue weighted by atomic mass is 32.1. The molecule has 0 radical (unpaired) electrons. The van der Waals surface area contributed by atoms with Gasteiger partial charge in [-0.15, -0.1) is 0 Å². The number of nitrogens with one attached hydrogen (secondary N) is 1. The third kappa shape index (κ3) is 0.801. The average Bonchev–Trinajstić information content (AvgIpc) is 2.14. The van der Waals surface area contributed by atoms with Gasteiger partial charge in [-0.25, -0.2) is 5.84 Å². The van der Waals surface area contributed by atoms with Crippen molar-refractivity contribution in [3.05, 3.63) is 12.4 Å². The Morgan fingerprint density at radius 2 is 2.62 bits per heavy atom. The zero-order valence-electron chi connectivity index (χ0n) is 4.24. The fourth-order valence-corrected chi connectivity index (χ4v) is 0.735. The van der Waals surface area contributed by atoms with Crippen LogP contribution in [-0.2, 0) is 0 Å². The van der Waals surface area contributed by atoms with Gasteiger partial charge in [0.15, 0.2) is 0 Å². The number of thiocarbonyl (C=S) groups is 1. The second-order valence-electron chi connectivity index (χ2n) is 1.51. The van der Waals surface area contributed by atoms with Crippen molar-refractivity contribution < 1.29 is 0 Å². The van der Waals surface area contributed by atoms with Gasteiger partial charge in [-0.1, -0.05) is 12.2 Å². The van der Waals surface area contributed by atoms with Crippen LogP contribution in [0, 0.1) is 0 Å². The number of hydrazine groups is 1. The molecule has 1 rings (SSSR count). The van der Waals surface area contributed by atoms with Crippen molar-refractivity contribution in [3.63, 3.8) is 0 Å². The second-order valence-corrected chi connectivity index (χ2v) is 1.78. The lowest BCUT2D eigenvalue weighted by atomic mass is 10.6. The largest absolute Gasteiger partial charge is 0.365 e. The smallest absolute Gasteiger partial charge is 0.142 e. The molecular weight excluding hydrogens is 122 g/mol. The Balaban J connectivity index is 2.50. The Bertz CT molecular complexity index is 122. The van der Waals surface area contributed by atoms with Crippen LogP contribution in [0.25, 0.3) is 0 Å². The van der Waals surface area contributed by atoms with Crippen molar-refractivity contribution in [2.24, 2.45) is 5.84 Å². The van der Waals surface area contributed by atoms with Crippen LogP contribution < -0.4 is 11.2 Å². The molecule has 44 valence electrons. The molecule has 1 heterocycles. The van der Waals surface area contributed by atoms with Crippen LogP contribution in [0.4, 0.5) is 0 Å². The summed E-state index contributed by atoms with van der Waals surface area (Å²) in [4.78, 5) is 0. The molecule has 1 unspecified atom stereocenters. The van der Waals surface area contributed by atoms with Crippen molar-refractivity contribution in [1.82, 2.24) is 10.3 Å². The molecule has 4 heteroatoms. The van der Waals surface area contributed by atoms with Gasteiger partial charge in [-0.3, -0.25) is 5.01 Å². The van der Waals surface area contributed by atoms with Gasteiger partial charge in [0.05, 0.1) is 0 Å². The fourth-order valence-electron chi connectivity index (χ4n) is 0.516. The lowest BCUT2D eigenvalue weighted by Crippen LogP contribution is -2.40. The molecule has 0 amide bonds. The van der Waals surface area contributed by atoms with Gasteiger partial charge < -0.3 is 5.32 Å². The monoisotopic (exact) mass is 129 g/mol. The number of nitrogens with zero attached hydrogens (tertiary/aromatic N) is 1. The highest BCUT2D eigenvalue weighted by molar-refractivity contribution is 7.79. The normalized spacial score (nSPS) is 25.6. The topological polar surface area (TPSA) is 41.3 Å². The molecule has 0 aromatic heterocycles. The summed E-state index contributed by atoms with van der Waals surface area (Å²) >= 11 is 4.64. The second kappa shape index (κ2) is 2.11. The Morgan fingerprint density at radius 1 is 1.88 bits per heavy atom. The van der Waals surface area contributed by atoms with Gasteiger partial charge in [0, 0.05) is 17.8 Å². The predicted octanol–water partition coefficient (Wildman–Crippen LogP) is -0.438. The van der Waals surface area contributed by atoms with E-state index in [-0.39, 0.29) is 6.17 Å². The van der Waals surface area contributed by atoms with Gasteiger partial charge >= 0.3 is 0 Å². The molecular formula is C4H7N3S. The maximum absolute atomic E-state index is 5.38. The van der Waals surface area contributed by atoms with E-state index in [0.29, 0.717) is 0 Å². The van der Waals surface area contributed by atoms with Crippen molar-refractivity contribution in [3.8, 4) is 0 Å². The highest BCUT2D eigenvalue weighted by Crippen LogP contribution is 1.93. The summed E-state index contributed by atoms with van der Waals surface area (Å²) in [7, 11) is 0. The van der Waals surface area contributed by atoms with E-state index in [4.69, 9.17) is 5.84 Å². The Kier molecular flexibility index (Phi) is 1.45. The van der Waals surface area contributed by atoms with E-state index in [1.54, 1.807) is 17.8 Å². The van der Waals surface area contributed by atoms with E-state index < -0.39 is 0 Å². The summed E-state index contributed by atoms with van der Waals surface area (Å²) in [5, 5.41) is 5.99. The summed E-state index contributed by atoms with van der Waals surface area (Å²) < 4.78 is 0. The minimum atomic E-state index is 0.00463. The number of hydrogen-bond acceptors (Lipinski definition) is 4. The van der Waals surface area contributed by atoms with Crippen molar-refractivity contribution in [2.45, 2.75) is 6.17 Å². The standard InChI is InChI=1S/C4H7N3S/c5-7-2-1-6-4(7)3-8/h1-4,6H,5H2. The van der Waals surface area contributed by atoms with Crippen LogP contribution in [0.3, 0.4) is 0 Å². The van der Waals surface area contributed by atoms with E-state index in [2.05, 4.69) is 17.5 Å². The maximum Gasteiger partial charge on any atom is 0.142 e. The number of nitrogens with two attached hydrogens (primary N) is 1. The van der Waals surface area contributed by atoms with E-state index in [1.165, 1.54) is 5.01 Å². The average molecular weight is 129 g/mol. The van der Waals surface area contributed by atoms with Gasteiger partial charge in [-0.2, -0.15) is 0 Å². The fraction of sp³-hybridized carbons (Fsp3) is 0.250. The molecule has 1 aliphatic heterocycles. The van der Waals surface area contributed by atoms with E-state index in [0.717, 1.165) is 0 Å². The minimum Gasteiger partial charge on any atom is -0.365 e. The first-order chi connectivity index (χ1) is 3.84. The summed E-state index contributed by atoms with van der Waals surface area (Å²) in [6.07, 6.45) is 3.49. The summed E-state index contributed by atoms with van der Waals surface area (Å²) in [5.41, 5.74) is 0. The van der Waals surface area contributed by atoms with Crippen molar-refractivity contribution >= 4 is 17.6 Å². The summed E-state index contributed by atoms with van der Waals surface area (Å²) in [6.45, 7) is 0. The maximum atomic E-state index is 5.38. The molecule has 8 heavy (non-hydrogen) atoms. The SMILES string of the molecule is NN1C=CNC1C=S. The quantitative estimate of drug-likeness (QED) is 0.372. The molecule has 3 nitrogen and oxygen atoms in total. The van der Waals surface area contributed by atoms with Crippen LogP contribution in [-0.4, -0.2) is 16.5 Å². The van der Waals surface area contributed by atoms with Crippen LogP contribution in [0.2, 0.25) is 0 Å². The zero-order chi connectivity index (χ0) is 5.98. The van der Waals surface area contributed by atoms with Gasteiger partial charge in [0.1, 0.15) is 6.17 Å². The van der Waals surface area contributed by atoms with Crippen LogP contribution in [0.15, 0.2) is 12.4 Å². The van der Waals surface area contributed by atoms with Crippen LogP contribution in [0.5, 0.6) is 0 Å². The minimum absolute atomic E-state index is 0.00463. The van der Waals surface area contributed by atoms with Crippen molar-refractivity contribution in [2.75, 3.05) is 0 Å². The first-order valence-electron chi connectivity index (χ1n) is 2.25. The molecule has 0 aromatic rings. The molecule has 0 saturated carbocycles. The molecule has 0 spiro atoms. The Labute approximate surface area is 53.1 Å². The lowest BCUT2D eigenvalue weighted by Gasteiger charge is -2.14. The van der Waals surface area contributed by atoms with Gasteiger partial charge in [0.2, 0.25) is 0 Å². The number of hydrogen-bond donors (Lipinski definition) is 2. The zero-order valence-corrected chi connectivity index (χ0v) is 5.06. The van der Waals surface area contributed by atoms with Gasteiger partial charge in [0.25, 0.3) is 0 Å². The Morgan fingerprint density at radius 3 is 2.88 bits per heavy atom. The lowest BCUT2D eigenvalue weighted by molar-refractivity contribution is 0.363. The van der Waals surface area contributed by atoms with E-state index in [1.807, 2.05) is 0 Å². The molecule has 0 aliphatic carbocycles. The molecule has 1 aliphatic rings. The summed E-state index contributed by atoms with van der Waals surface area (Å²) in [6, 6.07) is 0. The molecule has 0 fully saturated rings. The van der Waals surface area contributed by atoms with E-state index in [9.17, 15) is 0 Å². The predicted molar refractivity (Wildman–Crippen MR) is 35.7 cm³/mol. The first-order valence-corrected chi connectivity index (χ1v) is 2.73. The summed E-state index contributed by atoms with van der Waals surface area (Å²) in [5.74, 6) is 5.38. The molecule has 0 bridgehead atoms. The molecule has 0 aromatic carbocycles. The van der Waals surface area contributed by atoms with E-state index >= 15 is 0 Å². The highest BCUT2D eigenvalue weighted by Gasteiger charge is 2.09. The van der Waals surface area contributed by atoms with Crippen LogP contribution >= 0.6 is 12.2 Å².